The summed E-state index contributed by atoms with van der Waals surface area (Å²) in [6.07, 6.45) is 1.31. The molecule has 4 N–H and O–H groups in total. The summed E-state index contributed by atoms with van der Waals surface area (Å²) in [5, 5.41) is 7.66. The van der Waals surface area contributed by atoms with Gasteiger partial charge in [-0.05, 0) is 61.1 Å². The average molecular weight is 628 g/mol. The van der Waals surface area contributed by atoms with E-state index in [1.165, 1.54) is 16.7 Å². The molecule has 5 rings (SSSR count). The lowest BCUT2D eigenvalue weighted by molar-refractivity contribution is -0.153. The molecule has 5 atom stereocenters. The number of anilines is 1. The van der Waals surface area contributed by atoms with Gasteiger partial charge in [0.2, 0.25) is 23.6 Å². The molecule has 0 radical (unpaired) electrons. The number of aryl methyl sites for hydroxylation is 1. The van der Waals surface area contributed by atoms with E-state index < -0.39 is 53.9 Å². The van der Waals surface area contributed by atoms with E-state index in [1.807, 2.05) is 54.6 Å². The minimum absolute atomic E-state index is 0.137. The van der Waals surface area contributed by atoms with E-state index >= 15 is 0 Å². The van der Waals surface area contributed by atoms with Crippen LogP contribution in [0.25, 0.3) is 10.8 Å². The number of amides is 4. The molecular formula is C35H41N5O6. The summed E-state index contributed by atoms with van der Waals surface area (Å²) in [5.74, 6) is -2.31. The van der Waals surface area contributed by atoms with Gasteiger partial charge in [-0.15, -0.1) is 0 Å². The lowest BCUT2D eigenvalue weighted by Gasteiger charge is -2.33. The molecule has 11 nitrogen and oxygen atoms in total. The van der Waals surface area contributed by atoms with Gasteiger partial charge in [-0.3, -0.25) is 24.1 Å². The summed E-state index contributed by atoms with van der Waals surface area (Å²) in [4.78, 5) is 69.7. The number of likely N-dealkylation sites (tertiary alicyclic amines) is 1. The zero-order chi connectivity index (χ0) is 33.0. The Bertz CT molecular complexity index is 1640. The second-order valence-corrected chi connectivity index (χ2v) is 12.0. The fraction of sp³-hybridized carbons (Fsp3) is 0.400. The molecule has 2 aliphatic rings. The molecule has 2 heterocycles. The van der Waals surface area contributed by atoms with Crippen LogP contribution < -0.4 is 21.3 Å². The molecule has 0 saturated carbocycles. The average Bonchev–Trinajstić information content (AvgIpc) is 3.38. The number of fused-ring (bicyclic) bond motifs is 2. The molecule has 46 heavy (non-hydrogen) atoms. The van der Waals surface area contributed by atoms with Gasteiger partial charge in [0, 0.05) is 31.6 Å². The van der Waals surface area contributed by atoms with Gasteiger partial charge in [0.25, 0.3) is 0 Å². The highest BCUT2D eigenvalue weighted by Gasteiger charge is 2.43. The van der Waals surface area contributed by atoms with Crippen LogP contribution >= 0.6 is 0 Å². The zero-order valence-corrected chi connectivity index (χ0v) is 26.4. The summed E-state index contributed by atoms with van der Waals surface area (Å²) in [7, 11) is 0. The molecule has 0 aliphatic carbocycles. The van der Waals surface area contributed by atoms with E-state index in [4.69, 9.17) is 10.5 Å². The molecule has 0 bridgehead atoms. The number of nitrogens with two attached hydrogens (primary N) is 1. The van der Waals surface area contributed by atoms with Crippen molar-refractivity contribution in [3.63, 3.8) is 0 Å². The number of rotatable bonds is 9. The second kappa shape index (κ2) is 14.1. The van der Waals surface area contributed by atoms with Crippen LogP contribution in [-0.2, 0) is 41.6 Å². The molecule has 0 aromatic heterocycles. The van der Waals surface area contributed by atoms with Crippen molar-refractivity contribution in [2.45, 2.75) is 76.7 Å². The Morgan fingerprint density at radius 2 is 1.74 bits per heavy atom. The van der Waals surface area contributed by atoms with Crippen molar-refractivity contribution in [2.75, 3.05) is 18.1 Å². The number of nitrogens with zero attached hydrogens (tertiary/aromatic N) is 2. The highest BCUT2D eigenvalue weighted by molar-refractivity contribution is 6.06. The molecule has 242 valence electrons. The van der Waals surface area contributed by atoms with Gasteiger partial charge in [0.05, 0.1) is 6.61 Å². The smallest absolute Gasteiger partial charge is 0.328 e. The van der Waals surface area contributed by atoms with Crippen LogP contribution in [0.4, 0.5) is 5.69 Å². The Labute approximate surface area is 268 Å². The van der Waals surface area contributed by atoms with Crippen molar-refractivity contribution in [3.05, 3.63) is 77.9 Å². The van der Waals surface area contributed by atoms with Crippen molar-refractivity contribution in [3.8, 4) is 0 Å². The number of hydrogen-bond acceptors (Lipinski definition) is 7. The minimum Gasteiger partial charge on any atom is -0.464 e. The Morgan fingerprint density at radius 1 is 1.02 bits per heavy atom. The van der Waals surface area contributed by atoms with E-state index in [2.05, 4.69) is 10.6 Å². The number of benzene rings is 3. The van der Waals surface area contributed by atoms with Crippen LogP contribution in [0.5, 0.6) is 0 Å². The number of esters is 1. The standard InChI is InChI=1S/C35H41N5O6/c1-4-46-35(45)31-19-27(36)20-39(31)33(43)29(18-23-13-14-24-9-5-6-11-26(24)17-23)38-32(42)21(2)40-30-12-8-7-10-25(30)15-16-28(34(40)44)37-22(3)41/h5-14,17,21,27-29,31H,4,15-16,18-20,36H2,1-3H3,(H,37,41)(H,38,42)/t21?,27-,28?,29+,31-/m0/s1. The molecule has 1 saturated heterocycles. The third-order valence-electron chi connectivity index (χ3n) is 8.68. The predicted molar refractivity (Wildman–Crippen MR) is 174 cm³/mol. The predicted octanol–water partition coefficient (Wildman–Crippen LogP) is 2.23. The molecule has 4 amide bonds. The molecule has 3 aromatic rings. The third kappa shape index (κ3) is 7.04. The summed E-state index contributed by atoms with van der Waals surface area (Å²) >= 11 is 0. The van der Waals surface area contributed by atoms with Crippen molar-refractivity contribution >= 4 is 46.1 Å². The monoisotopic (exact) mass is 627 g/mol. The number of ether oxygens (including phenoxy) is 1. The van der Waals surface area contributed by atoms with E-state index in [0.29, 0.717) is 18.5 Å². The first kappa shape index (κ1) is 32.6. The molecule has 2 aliphatic heterocycles. The quantitative estimate of drug-likeness (QED) is 0.308. The summed E-state index contributed by atoms with van der Waals surface area (Å²) in [6.45, 7) is 4.94. The lowest BCUT2D eigenvalue weighted by atomic mass is 10.00. The van der Waals surface area contributed by atoms with Crippen molar-refractivity contribution in [1.82, 2.24) is 15.5 Å². The fourth-order valence-electron chi connectivity index (χ4n) is 6.43. The maximum atomic E-state index is 14.2. The summed E-state index contributed by atoms with van der Waals surface area (Å²) < 4.78 is 5.24. The SMILES string of the molecule is CCOC(=O)[C@@H]1C[C@H](N)CN1C(=O)[C@@H](Cc1ccc2ccccc2c1)NC(=O)C(C)N1C(=O)C(NC(C)=O)CCc2ccccc21. The molecule has 3 aromatic carbocycles. The number of carbonyl (C=O) groups is 5. The van der Waals surface area contributed by atoms with Gasteiger partial charge in [-0.2, -0.15) is 0 Å². The van der Waals surface area contributed by atoms with Gasteiger partial charge in [-0.25, -0.2) is 4.79 Å². The Balaban J connectivity index is 1.46. The van der Waals surface area contributed by atoms with Crippen LogP contribution in [-0.4, -0.2) is 77.9 Å². The molecular weight excluding hydrogens is 586 g/mol. The topological polar surface area (TPSA) is 151 Å². The number of nitrogens with one attached hydrogen (secondary N) is 2. The van der Waals surface area contributed by atoms with Gasteiger partial charge < -0.3 is 26.0 Å². The zero-order valence-electron chi connectivity index (χ0n) is 26.4. The first-order valence-corrected chi connectivity index (χ1v) is 15.8. The minimum atomic E-state index is -1.07. The number of carbonyl (C=O) groups excluding carboxylic acids is 5. The largest absolute Gasteiger partial charge is 0.464 e. The van der Waals surface area contributed by atoms with Crippen molar-refractivity contribution in [2.24, 2.45) is 5.73 Å². The van der Waals surface area contributed by atoms with Gasteiger partial charge in [0.15, 0.2) is 0 Å². The number of para-hydroxylation sites is 1. The molecule has 1 fully saturated rings. The maximum Gasteiger partial charge on any atom is 0.328 e. The Kier molecular flexibility index (Phi) is 10.0. The van der Waals surface area contributed by atoms with E-state index in [1.54, 1.807) is 26.0 Å². The first-order chi connectivity index (χ1) is 22.1. The van der Waals surface area contributed by atoms with Crippen LogP contribution in [0.3, 0.4) is 0 Å². The summed E-state index contributed by atoms with van der Waals surface area (Å²) in [6, 6.07) is 16.8. The second-order valence-electron chi connectivity index (χ2n) is 12.0. The van der Waals surface area contributed by atoms with Gasteiger partial charge in [-0.1, -0.05) is 60.7 Å². The lowest BCUT2D eigenvalue weighted by Crippen LogP contribution is -2.58. The third-order valence-corrected chi connectivity index (χ3v) is 8.68. The number of hydrogen-bond donors (Lipinski definition) is 3. The molecule has 2 unspecified atom stereocenters. The normalized spacial score (nSPS) is 20.8. The molecule has 0 spiro atoms. The van der Waals surface area contributed by atoms with Gasteiger partial charge in [0.1, 0.15) is 24.2 Å². The van der Waals surface area contributed by atoms with Crippen LogP contribution in [0, 0.1) is 0 Å². The first-order valence-electron chi connectivity index (χ1n) is 15.8. The van der Waals surface area contributed by atoms with Crippen LogP contribution in [0.15, 0.2) is 66.7 Å². The van der Waals surface area contributed by atoms with Crippen LogP contribution in [0.1, 0.15) is 44.7 Å². The highest BCUT2D eigenvalue weighted by atomic mass is 16.5. The fourth-order valence-corrected chi connectivity index (χ4v) is 6.43. The van der Waals surface area contributed by atoms with Gasteiger partial charge >= 0.3 is 5.97 Å². The maximum absolute atomic E-state index is 14.2. The van der Waals surface area contributed by atoms with E-state index in [0.717, 1.165) is 21.9 Å². The summed E-state index contributed by atoms with van der Waals surface area (Å²) in [5.41, 5.74) is 8.47. The van der Waals surface area contributed by atoms with E-state index in [-0.39, 0.29) is 31.9 Å². The highest BCUT2D eigenvalue weighted by Crippen LogP contribution is 2.29. The van der Waals surface area contributed by atoms with Crippen molar-refractivity contribution in [1.29, 1.82) is 0 Å². The Morgan fingerprint density at radius 3 is 2.48 bits per heavy atom. The molecule has 11 heteroatoms. The van der Waals surface area contributed by atoms with Crippen molar-refractivity contribution < 1.29 is 28.7 Å². The Hall–Kier alpha value is -4.77. The van der Waals surface area contributed by atoms with E-state index in [9.17, 15) is 24.0 Å². The van der Waals surface area contributed by atoms with Crippen LogP contribution in [0.2, 0.25) is 0 Å².